The number of nitro groups is 1. The van der Waals surface area contributed by atoms with Crippen molar-refractivity contribution in [2.45, 2.75) is 33.5 Å². The fourth-order valence-corrected chi connectivity index (χ4v) is 3.30. The number of nitro benzene ring substituents is 1. The molecule has 1 heterocycles. The first kappa shape index (κ1) is 22.0. The van der Waals surface area contributed by atoms with Crippen LogP contribution in [0.2, 0.25) is 0 Å². The van der Waals surface area contributed by atoms with Crippen molar-refractivity contribution in [3.05, 3.63) is 86.2 Å². The highest BCUT2D eigenvalue weighted by Gasteiger charge is 2.30. The van der Waals surface area contributed by atoms with E-state index >= 15 is 0 Å². The number of nitrogens with zero attached hydrogens (tertiary/aromatic N) is 3. The molecule has 3 rings (SSSR count). The van der Waals surface area contributed by atoms with Gasteiger partial charge in [-0.05, 0) is 44.5 Å². The van der Waals surface area contributed by atoms with E-state index in [-0.39, 0.29) is 23.4 Å². The van der Waals surface area contributed by atoms with Gasteiger partial charge < -0.3 is 5.32 Å². The van der Waals surface area contributed by atoms with Crippen LogP contribution in [0, 0.1) is 30.9 Å². The highest BCUT2D eigenvalue weighted by atomic mass is 19.4. The molecule has 0 spiro atoms. The van der Waals surface area contributed by atoms with E-state index in [0.717, 1.165) is 12.1 Å². The highest BCUT2D eigenvalue weighted by Crippen LogP contribution is 2.30. The average molecular weight is 432 g/mol. The van der Waals surface area contributed by atoms with Gasteiger partial charge in [-0.15, -0.1) is 0 Å². The van der Waals surface area contributed by atoms with Crippen molar-refractivity contribution >= 4 is 17.3 Å². The second-order valence-electron chi connectivity index (χ2n) is 7.06. The molecule has 0 aliphatic rings. The maximum absolute atomic E-state index is 13.0. The van der Waals surface area contributed by atoms with Gasteiger partial charge in [-0.2, -0.15) is 18.3 Å². The first-order valence-electron chi connectivity index (χ1n) is 9.24. The zero-order valence-electron chi connectivity index (χ0n) is 16.9. The summed E-state index contributed by atoms with van der Waals surface area (Å²) in [5.41, 5.74) is 1.31. The van der Waals surface area contributed by atoms with Gasteiger partial charge in [0.25, 0.3) is 11.6 Å². The number of nitrogens with one attached hydrogen (secondary N) is 1. The van der Waals surface area contributed by atoms with Gasteiger partial charge in [0.05, 0.1) is 34.1 Å². The van der Waals surface area contributed by atoms with Crippen LogP contribution in [-0.2, 0) is 12.7 Å². The monoisotopic (exact) mass is 432 g/mol. The molecule has 31 heavy (non-hydrogen) atoms. The minimum atomic E-state index is -4.44. The number of halogens is 3. The zero-order chi connectivity index (χ0) is 22.9. The van der Waals surface area contributed by atoms with Crippen LogP contribution < -0.4 is 5.32 Å². The van der Waals surface area contributed by atoms with Crippen LogP contribution in [0.3, 0.4) is 0 Å². The van der Waals surface area contributed by atoms with Crippen LogP contribution in [0.4, 0.5) is 24.5 Å². The van der Waals surface area contributed by atoms with Crippen molar-refractivity contribution in [3.63, 3.8) is 0 Å². The van der Waals surface area contributed by atoms with Gasteiger partial charge >= 0.3 is 6.18 Å². The summed E-state index contributed by atoms with van der Waals surface area (Å²) in [5.74, 6) is -0.536. The molecule has 1 amide bonds. The van der Waals surface area contributed by atoms with E-state index in [4.69, 9.17) is 0 Å². The van der Waals surface area contributed by atoms with Gasteiger partial charge in [0, 0.05) is 17.2 Å². The summed E-state index contributed by atoms with van der Waals surface area (Å²) in [4.78, 5) is 23.3. The van der Waals surface area contributed by atoms with Crippen LogP contribution in [0.5, 0.6) is 0 Å². The molecule has 162 valence electrons. The Morgan fingerprint density at radius 1 is 1.16 bits per heavy atom. The maximum atomic E-state index is 13.0. The number of hydrogen-bond donors (Lipinski definition) is 1. The molecule has 0 bridgehead atoms. The first-order chi connectivity index (χ1) is 14.5. The molecular weight excluding hydrogens is 413 g/mol. The summed E-state index contributed by atoms with van der Waals surface area (Å²) in [6.45, 7) is 4.92. The molecule has 10 heteroatoms. The number of aromatic nitrogens is 2. The number of carbonyl (C=O) groups is 1. The topological polar surface area (TPSA) is 90.1 Å². The Bertz CT molecular complexity index is 1170. The molecule has 0 aliphatic heterocycles. The van der Waals surface area contributed by atoms with Crippen LogP contribution in [0.25, 0.3) is 0 Å². The van der Waals surface area contributed by atoms with E-state index in [1.165, 1.54) is 35.9 Å². The van der Waals surface area contributed by atoms with Gasteiger partial charge in [-0.3, -0.25) is 19.6 Å². The van der Waals surface area contributed by atoms with Gasteiger partial charge in [-0.25, -0.2) is 0 Å². The molecule has 3 aromatic rings. The normalized spacial score (nSPS) is 11.4. The average Bonchev–Trinajstić information content (AvgIpc) is 2.94. The van der Waals surface area contributed by atoms with Gasteiger partial charge in [0.15, 0.2) is 0 Å². The molecular formula is C21H19F3N4O3. The maximum Gasteiger partial charge on any atom is 0.416 e. The number of hydrogen-bond acceptors (Lipinski definition) is 4. The van der Waals surface area contributed by atoms with Gasteiger partial charge in [-0.1, -0.05) is 18.2 Å². The Morgan fingerprint density at radius 3 is 2.48 bits per heavy atom. The third-order valence-corrected chi connectivity index (χ3v) is 4.95. The van der Waals surface area contributed by atoms with E-state index in [0.29, 0.717) is 22.6 Å². The first-order valence-corrected chi connectivity index (χ1v) is 9.24. The van der Waals surface area contributed by atoms with Crippen LogP contribution in [0.15, 0.2) is 42.5 Å². The molecule has 0 aliphatic carbocycles. The number of amides is 1. The lowest BCUT2D eigenvalue weighted by atomic mass is 10.1. The predicted octanol–water partition coefficient (Wildman–Crippen LogP) is 5.04. The Morgan fingerprint density at radius 2 is 1.84 bits per heavy atom. The Hall–Kier alpha value is -3.69. The van der Waals surface area contributed by atoms with E-state index in [9.17, 15) is 28.1 Å². The van der Waals surface area contributed by atoms with Crippen LogP contribution in [-0.4, -0.2) is 20.6 Å². The molecule has 0 fully saturated rings. The van der Waals surface area contributed by atoms with Crippen molar-refractivity contribution in [2.75, 3.05) is 5.32 Å². The number of benzene rings is 2. The number of anilines is 1. The number of alkyl halides is 3. The van der Waals surface area contributed by atoms with Gasteiger partial charge in [0.1, 0.15) is 0 Å². The Kier molecular flexibility index (Phi) is 5.83. The van der Waals surface area contributed by atoms with Crippen molar-refractivity contribution in [2.24, 2.45) is 0 Å². The van der Waals surface area contributed by atoms with Crippen LogP contribution >= 0.6 is 0 Å². The lowest BCUT2D eigenvalue weighted by Gasteiger charge is -2.11. The summed E-state index contributed by atoms with van der Waals surface area (Å²) in [6.07, 6.45) is -4.44. The number of rotatable bonds is 5. The SMILES string of the molecule is Cc1nn(Cc2cccc(C(F)(F)F)c2)c(C)c1NC(=O)c1cccc([N+](=O)[O-])c1C. The van der Waals surface area contributed by atoms with Crippen molar-refractivity contribution in [3.8, 4) is 0 Å². The van der Waals surface area contributed by atoms with E-state index in [1.54, 1.807) is 19.9 Å². The molecule has 7 nitrogen and oxygen atoms in total. The summed E-state index contributed by atoms with van der Waals surface area (Å²) in [6, 6.07) is 9.18. The van der Waals surface area contributed by atoms with Crippen LogP contribution in [0.1, 0.15) is 38.4 Å². The second-order valence-corrected chi connectivity index (χ2v) is 7.06. The quantitative estimate of drug-likeness (QED) is 0.452. The second kappa shape index (κ2) is 8.21. The molecule has 1 aromatic heterocycles. The highest BCUT2D eigenvalue weighted by molar-refractivity contribution is 6.06. The number of carbonyl (C=O) groups excluding carboxylic acids is 1. The van der Waals surface area contributed by atoms with Crippen molar-refractivity contribution < 1.29 is 22.9 Å². The third kappa shape index (κ3) is 4.57. The molecule has 1 N–H and O–H groups in total. The lowest BCUT2D eigenvalue weighted by molar-refractivity contribution is -0.385. The fourth-order valence-electron chi connectivity index (χ4n) is 3.30. The molecule has 0 atom stereocenters. The fraction of sp³-hybridized carbons (Fsp3) is 0.238. The summed E-state index contributed by atoms with van der Waals surface area (Å²) >= 11 is 0. The lowest BCUT2D eigenvalue weighted by Crippen LogP contribution is -2.15. The van der Waals surface area contributed by atoms with E-state index in [1.807, 2.05) is 0 Å². The van der Waals surface area contributed by atoms with Crippen molar-refractivity contribution in [1.82, 2.24) is 9.78 Å². The summed E-state index contributed by atoms with van der Waals surface area (Å²) < 4.78 is 40.4. The smallest absolute Gasteiger partial charge is 0.319 e. The van der Waals surface area contributed by atoms with E-state index in [2.05, 4.69) is 10.4 Å². The molecule has 2 aromatic carbocycles. The number of aryl methyl sites for hydroxylation is 1. The Balaban J connectivity index is 1.87. The van der Waals surface area contributed by atoms with Crippen molar-refractivity contribution in [1.29, 1.82) is 0 Å². The molecule has 0 saturated heterocycles. The summed E-state index contributed by atoms with van der Waals surface area (Å²) in [5, 5.41) is 18.2. The zero-order valence-corrected chi connectivity index (χ0v) is 16.9. The Labute approximate surface area is 175 Å². The standard InChI is InChI=1S/C21H19F3N4O3/c1-12-17(8-5-9-18(12)28(30)31)20(29)25-19-13(2)26-27(14(19)3)11-15-6-4-7-16(10-15)21(22,23)24/h4-10H,11H2,1-3H3,(H,25,29). The minimum absolute atomic E-state index is 0.0856. The third-order valence-electron chi connectivity index (χ3n) is 4.95. The largest absolute Gasteiger partial charge is 0.416 e. The molecule has 0 saturated carbocycles. The molecule has 0 unspecified atom stereocenters. The van der Waals surface area contributed by atoms with E-state index < -0.39 is 22.6 Å². The predicted molar refractivity (Wildman–Crippen MR) is 108 cm³/mol. The minimum Gasteiger partial charge on any atom is -0.319 e. The molecule has 0 radical (unpaired) electrons. The van der Waals surface area contributed by atoms with Gasteiger partial charge in [0.2, 0.25) is 0 Å². The summed E-state index contributed by atoms with van der Waals surface area (Å²) in [7, 11) is 0.